The summed E-state index contributed by atoms with van der Waals surface area (Å²) in [5.74, 6) is -0.805. The Kier molecular flexibility index (Phi) is 6.99. The van der Waals surface area contributed by atoms with Gasteiger partial charge in [-0.15, -0.1) is 0 Å². The Bertz CT molecular complexity index is 635. The van der Waals surface area contributed by atoms with Crippen molar-refractivity contribution in [1.82, 2.24) is 10.2 Å². The second kappa shape index (κ2) is 9.00. The molecule has 1 aliphatic rings. The highest BCUT2D eigenvalue weighted by atomic mass is 16.3. The summed E-state index contributed by atoms with van der Waals surface area (Å²) in [4.78, 5) is 28.6. The van der Waals surface area contributed by atoms with Gasteiger partial charge in [0, 0.05) is 31.9 Å². The van der Waals surface area contributed by atoms with Crippen molar-refractivity contribution in [1.29, 1.82) is 0 Å². The van der Waals surface area contributed by atoms with Crippen molar-refractivity contribution in [2.75, 3.05) is 32.1 Å². The third-order valence-electron chi connectivity index (χ3n) is 4.66. The molecule has 1 aromatic rings. The molecular formula is C19H29N3O4. The van der Waals surface area contributed by atoms with E-state index >= 15 is 0 Å². The quantitative estimate of drug-likeness (QED) is 0.617. The van der Waals surface area contributed by atoms with Gasteiger partial charge in [-0.05, 0) is 24.6 Å². The number of aliphatic hydroxyl groups excluding tert-OH is 2. The van der Waals surface area contributed by atoms with Crippen molar-refractivity contribution in [3.63, 3.8) is 0 Å². The van der Waals surface area contributed by atoms with Crippen LogP contribution in [0.1, 0.15) is 36.5 Å². The van der Waals surface area contributed by atoms with Crippen LogP contribution in [0.2, 0.25) is 0 Å². The third kappa shape index (κ3) is 4.53. The SMILES string of the molecule is CCCCCNC(=O)C1[C@H](O)[C@@H](O)CN1C(=O)c1cccc(N(C)C)c1. The van der Waals surface area contributed by atoms with Crippen LogP contribution in [0.15, 0.2) is 24.3 Å². The molecule has 0 spiro atoms. The molecule has 0 saturated carbocycles. The summed E-state index contributed by atoms with van der Waals surface area (Å²) >= 11 is 0. The number of rotatable bonds is 7. The summed E-state index contributed by atoms with van der Waals surface area (Å²) in [6.07, 6.45) is 0.445. The number of aliphatic hydroxyl groups is 2. The normalized spacial score (nSPS) is 22.3. The van der Waals surface area contributed by atoms with Gasteiger partial charge in [0.05, 0.1) is 6.54 Å². The molecule has 7 heteroatoms. The van der Waals surface area contributed by atoms with Crippen molar-refractivity contribution in [3.05, 3.63) is 29.8 Å². The minimum Gasteiger partial charge on any atom is -0.388 e. The summed E-state index contributed by atoms with van der Waals surface area (Å²) in [6, 6.07) is 5.97. The first-order valence-electron chi connectivity index (χ1n) is 9.09. The van der Waals surface area contributed by atoms with Crippen LogP contribution in [-0.4, -0.2) is 72.4 Å². The monoisotopic (exact) mass is 363 g/mol. The highest BCUT2D eigenvalue weighted by molar-refractivity contribution is 5.99. The van der Waals surface area contributed by atoms with Gasteiger partial charge in [-0.1, -0.05) is 25.8 Å². The van der Waals surface area contributed by atoms with Crippen LogP contribution < -0.4 is 10.2 Å². The molecule has 26 heavy (non-hydrogen) atoms. The maximum Gasteiger partial charge on any atom is 0.254 e. The molecule has 1 fully saturated rings. The van der Waals surface area contributed by atoms with Crippen molar-refractivity contribution >= 4 is 17.5 Å². The number of carbonyl (C=O) groups is 2. The van der Waals surface area contributed by atoms with Gasteiger partial charge in [0.25, 0.3) is 5.91 Å². The van der Waals surface area contributed by atoms with Crippen LogP contribution in [0.3, 0.4) is 0 Å². The maximum atomic E-state index is 12.9. The molecule has 3 N–H and O–H groups in total. The Morgan fingerprint density at radius 2 is 2.00 bits per heavy atom. The minimum absolute atomic E-state index is 0.0702. The van der Waals surface area contributed by atoms with E-state index in [0.29, 0.717) is 12.1 Å². The Morgan fingerprint density at radius 1 is 1.27 bits per heavy atom. The van der Waals surface area contributed by atoms with E-state index in [0.717, 1.165) is 24.9 Å². The number of carbonyl (C=O) groups excluding carboxylic acids is 2. The number of benzene rings is 1. The van der Waals surface area contributed by atoms with Gasteiger partial charge in [-0.25, -0.2) is 0 Å². The van der Waals surface area contributed by atoms with E-state index in [-0.39, 0.29) is 12.5 Å². The summed E-state index contributed by atoms with van der Waals surface area (Å²) in [5, 5.41) is 23.0. The molecule has 144 valence electrons. The zero-order valence-electron chi connectivity index (χ0n) is 15.7. The molecule has 1 aliphatic heterocycles. The number of likely N-dealkylation sites (tertiary alicyclic amines) is 1. The van der Waals surface area contributed by atoms with E-state index in [4.69, 9.17) is 0 Å². The van der Waals surface area contributed by atoms with Crippen LogP contribution in [0.5, 0.6) is 0 Å². The first-order valence-corrected chi connectivity index (χ1v) is 9.09. The molecule has 1 aromatic carbocycles. The largest absolute Gasteiger partial charge is 0.388 e. The van der Waals surface area contributed by atoms with Crippen LogP contribution in [0.25, 0.3) is 0 Å². The Balaban J connectivity index is 2.15. The zero-order chi connectivity index (χ0) is 19.3. The molecular weight excluding hydrogens is 334 g/mol. The fourth-order valence-electron chi connectivity index (χ4n) is 3.10. The molecule has 0 aliphatic carbocycles. The van der Waals surface area contributed by atoms with Gasteiger partial charge in [0.15, 0.2) is 0 Å². The lowest BCUT2D eigenvalue weighted by atomic mass is 10.1. The maximum absolute atomic E-state index is 12.9. The van der Waals surface area contributed by atoms with Crippen LogP contribution >= 0.6 is 0 Å². The number of nitrogens with one attached hydrogen (secondary N) is 1. The number of amides is 2. The number of anilines is 1. The van der Waals surface area contributed by atoms with Gasteiger partial charge >= 0.3 is 0 Å². The lowest BCUT2D eigenvalue weighted by Crippen LogP contribution is -2.50. The molecule has 3 atom stereocenters. The number of β-amino-alcohol motifs (C(OH)–C–C–N with tert-alkyl or cyclic N) is 1. The van der Waals surface area contributed by atoms with Crippen LogP contribution in [-0.2, 0) is 4.79 Å². The van der Waals surface area contributed by atoms with Crippen LogP contribution in [0.4, 0.5) is 5.69 Å². The average molecular weight is 363 g/mol. The molecule has 2 amide bonds. The summed E-state index contributed by atoms with van der Waals surface area (Å²) in [6.45, 7) is 2.49. The number of nitrogens with zero attached hydrogens (tertiary/aromatic N) is 2. The van der Waals surface area contributed by atoms with E-state index in [9.17, 15) is 19.8 Å². The minimum atomic E-state index is -1.29. The summed E-state index contributed by atoms with van der Waals surface area (Å²) in [7, 11) is 3.75. The van der Waals surface area contributed by atoms with Gasteiger partial charge in [-0.3, -0.25) is 9.59 Å². The third-order valence-corrected chi connectivity index (χ3v) is 4.66. The molecule has 1 saturated heterocycles. The highest BCUT2D eigenvalue weighted by Crippen LogP contribution is 2.23. The van der Waals surface area contributed by atoms with E-state index < -0.39 is 24.2 Å². The summed E-state index contributed by atoms with van der Waals surface area (Å²) in [5.41, 5.74) is 1.28. The number of hydrogen-bond donors (Lipinski definition) is 3. The van der Waals surface area contributed by atoms with Crippen molar-refractivity contribution < 1.29 is 19.8 Å². The molecule has 0 radical (unpaired) electrons. The fourth-order valence-corrected chi connectivity index (χ4v) is 3.10. The Labute approximate surface area is 154 Å². The highest BCUT2D eigenvalue weighted by Gasteiger charge is 2.46. The first-order chi connectivity index (χ1) is 12.4. The molecule has 1 unspecified atom stereocenters. The molecule has 0 bridgehead atoms. The van der Waals surface area contributed by atoms with E-state index in [1.165, 1.54) is 4.90 Å². The molecule has 1 heterocycles. The topological polar surface area (TPSA) is 93.1 Å². The number of unbranched alkanes of at least 4 members (excludes halogenated alkanes) is 2. The standard InChI is InChI=1S/C19H29N3O4/c1-4-5-6-10-20-18(25)16-17(24)15(23)12-22(16)19(26)13-8-7-9-14(11-13)21(2)3/h7-9,11,15-17,23-24H,4-6,10,12H2,1-3H3,(H,20,25)/t15-,16?,17+/m0/s1. The first kappa shape index (κ1) is 20.2. The lowest BCUT2D eigenvalue weighted by molar-refractivity contribution is -0.128. The van der Waals surface area contributed by atoms with Crippen LogP contribution in [0, 0.1) is 0 Å². The van der Waals surface area contributed by atoms with Crippen molar-refractivity contribution in [2.45, 2.75) is 44.4 Å². The smallest absolute Gasteiger partial charge is 0.254 e. The Hall–Kier alpha value is -2.12. The second-order valence-electron chi connectivity index (χ2n) is 6.90. The van der Waals surface area contributed by atoms with Crippen molar-refractivity contribution in [3.8, 4) is 0 Å². The average Bonchev–Trinajstić information content (AvgIpc) is 2.93. The zero-order valence-corrected chi connectivity index (χ0v) is 15.7. The molecule has 7 nitrogen and oxygen atoms in total. The van der Waals surface area contributed by atoms with E-state index in [2.05, 4.69) is 12.2 Å². The molecule has 2 rings (SSSR count). The second-order valence-corrected chi connectivity index (χ2v) is 6.90. The lowest BCUT2D eigenvalue weighted by Gasteiger charge is -2.25. The molecule has 0 aromatic heterocycles. The predicted molar refractivity (Wildman–Crippen MR) is 100 cm³/mol. The van der Waals surface area contributed by atoms with Crippen molar-refractivity contribution in [2.24, 2.45) is 0 Å². The van der Waals surface area contributed by atoms with E-state index in [1.807, 2.05) is 25.1 Å². The van der Waals surface area contributed by atoms with Gasteiger partial charge in [-0.2, -0.15) is 0 Å². The summed E-state index contributed by atoms with van der Waals surface area (Å²) < 4.78 is 0. The number of hydrogen-bond acceptors (Lipinski definition) is 5. The van der Waals surface area contributed by atoms with Gasteiger partial charge in [0.2, 0.25) is 5.91 Å². The predicted octanol–water partition coefficient (Wildman–Crippen LogP) is 0.605. The van der Waals surface area contributed by atoms with E-state index in [1.54, 1.807) is 18.2 Å². The van der Waals surface area contributed by atoms with Gasteiger partial charge in [0.1, 0.15) is 18.2 Å². The van der Waals surface area contributed by atoms with Gasteiger partial charge < -0.3 is 25.3 Å². The Morgan fingerprint density at radius 3 is 2.65 bits per heavy atom. The fraction of sp³-hybridized carbons (Fsp3) is 0.579.